The summed E-state index contributed by atoms with van der Waals surface area (Å²) in [6.45, 7) is 6.02. The minimum atomic E-state index is 0.785. The summed E-state index contributed by atoms with van der Waals surface area (Å²) in [7, 11) is 0. The van der Waals surface area contributed by atoms with Crippen LogP contribution in [0.25, 0.3) is 5.69 Å². The maximum absolute atomic E-state index is 4.17. The lowest BCUT2D eigenvalue weighted by Crippen LogP contribution is -2.17. The third-order valence-electron chi connectivity index (χ3n) is 2.75. The minimum Gasteiger partial charge on any atom is -0.311 e. The molecule has 0 unspecified atom stereocenters. The first-order valence-electron chi connectivity index (χ1n) is 6.09. The highest BCUT2D eigenvalue weighted by molar-refractivity contribution is 9.10. The second kappa shape index (κ2) is 6.11. The van der Waals surface area contributed by atoms with Gasteiger partial charge in [0.2, 0.25) is 0 Å². The van der Waals surface area contributed by atoms with Crippen molar-refractivity contribution >= 4 is 15.9 Å². The third kappa shape index (κ3) is 2.97. The van der Waals surface area contributed by atoms with Crippen LogP contribution < -0.4 is 5.32 Å². The molecule has 1 aromatic carbocycles. The fraction of sp³-hybridized carbons (Fsp3) is 0.385. The molecule has 0 bridgehead atoms. The first-order chi connectivity index (χ1) is 8.72. The molecule has 1 N–H and O–H groups in total. The van der Waals surface area contributed by atoms with Crippen LogP contribution in [0.5, 0.6) is 0 Å². The van der Waals surface area contributed by atoms with Gasteiger partial charge in [-0.15, -0.1) is 5.10 Å². The Bertz CT molecular complexity index is 521. The van der Waals surface area contributed by atoms with Crippen LogP contribution in [0, 0.1) is 6.92 Å². The van der Waals surface area contributed by atoms with Gasteiger partial charge in [0.05, 0.1) is 17.6 Å². The van der Waals surface area contributed by atoms with Gasteiger partial charge in [-0.2, -0.15) is 0 Å². The molecule has 0 saturated heterocycles. The molecule has 0 fully saturated rings. The first-order valence-corrected chi connectivity index (χ1v) is 6.88. The Morgan fingerprint density at radius 1 is 1.39 bits per heavy atom. The van der Waals surface area contributed by atoms with E-state index in [1.54, 1.807) is 0 Å². The number of halogens is 1. The number of aromatic nitrogens is 3. The fourth-order valence-electron chi connectivity index (χ4n) is 1.78. The molecule has 2 rings (SSSR count). The Hall–Kier alpha value is -1.20. The van der Waals surface area contributed by atoms with Crippen LogP contribution in [0.2, 0.25) is 0 Å². The Morgan fingerprint density at radius 3 is 3.00 bits per heavy atom. The number of rotatable bonds is 5. The second-order valence-corrected chi connectivity index (χ2v) is 5.16. The fourth-order valence-corrected chi connectivity index (χ4v) is 2.13. The lowest BCUT2D eigenvalue weighted by molar-refractivity contribution is 0.640. The maximum atomic E-state index is 4.17. The Morgan fingerprint density at radius 2 is 2.22 bits per heavy atom. The van der Waals surface area contributed by atoms with Crippen LogP contribution >= 0.6 is 15.9 Å². The minimum absolute atomic E-state index is 0.785. The molecule has 0 aliphatic heterocycles. The molecule has 0 atom stereocenters. The van der Waals surface area contributed by atoms with E-state index in [9.17, 15) is 0 Å². The maximum Gasteiger partial charge on any atom is 0.0783 e. The van der Waals surface area contributed by atoms with Crippen LogP contribution in [0.3, 0.4) is 0 Å². The van der Waals surface area contributed by atoms with E-state index in [2.05, 4.69) is 57.5 Å². The van der Waals surface area contributed by atoms with Crippen molar-refractivity contribution < 1.29 is 0 Å². The lowest BCUT2D eigenvalue weighted by Gasteiger charge is -2.10. The average Bonchev–Trinajstić information content (AvgIpc) is 2.81. The van der Waals surface area contributed by atoms with Gasteiger partial charge in [-0.05, 0) is 37.6 Å². The molecule has 0 radical (unpaired) electrons. The van der Waals surface area contributed by atoms with E-state index in [4.69, 9.17) is 0 Å². The van der Waals surface area contributed by atoms with Gasteiger partial charge in [-0.25, -0.2) is 4.68 Å². The van der Waals surface area contributed by atoms with Crippen molar-refractivity contribution in [3.63, 3.8) is 0 Å². The number of hydrogen-bond acceptors (Lipinski definition) is 3. The SMILES string of the molecule is CCCNCc1cnnn1-c1cc(Br)ccc1C. The van der Waals surface area contributed by atoms with Gasteiger partial charge in [0.1, 0.15) is 0 Å². The molecule has 1 aromatic heterocycles. The Kier molecular flexibility index (Phi) is 4.49. The van der Waals surface area contributed by atoms with E-state index in [0.717, 1.165) is 35.4 Å². The summed E-state index contributed by atoms with van der Waals surface area (Å²) in [5, 5.41) is 11.5. The van der Waals surface area contributed by atoms with Gasteiger partial charge in [0.25, 0.3) is 0 Å². The summed E-state index contributed by atoms with van der Waals surface area (Å²) >= 11 is 3.49. The zero-order chi connectivity index (χ0) is 13.0. The van der Waals surface area contributed by atoms with Crippen molar-refractivity contribution in [2.24, 2.45) is 0 Å². The molecular weight excluding hydrogens is 292 g/mol. The Labute approximate surface area is 116 Å². The van der Waals surface area contributed by atoms with Crippen LogP contribution in [-0.2, 0) is 6.54 Å². The summed E-state index contributed by atoms with van der Waals surface area (Å²) in [4.78, 5) is 0. The van der Waals surface area contributed by atoms with E-state index >= 15 is 0 Å². The van der Waals surface area contributed by atoms with Crippen LogP contribution in [0.15, 0.2) is 28.9 Å². The van der Waals surface area contributed by atoms with Gasteiger partial charge in [-0.3, -0.25) is 0 Å². The predicted molar refractivity (Wildman–Crippen MR) is 75.8 cm³/mol. The molecule has 0 amide bonds. The van der Waals surface area contributed by atoms with Crippen molar-refractivity contribution in [3.05, 3.63) is 40.1 Å². The van der Waals surface area contributed by atoms with Crippen LogP contribution in [-0.4, -0.2) is 21.5 Å². The average molecular weight is 309 g/mol. The monoisotopic (exact) mass is 308 g/mol. The van der Waals surface area contributed by atoms with Gasteiger partial charge in [-0.1, -0.05) is 34.1 Å². The second-order valence-electron chi connectivity index (χ2n) is 4.24. The molecule has 0 spiro atoms. The highest BCUT2D eigenvalue weighted by atomic mass is 79.9. The predicted octanol–water partition coefficient (Wildman–Crippen LogP) is 2.84. The first kappa shape index (κ1) is 13.2. The topological polar surface area (TPSA) is 42.7 Å². The summed E-state index contributed by atoms with van der Waals surface area (Å²) in [6, 6.07) is 6.17. The smallest absolute Gasteiger partial charge is 0.0783 e. The van der Waals surface area contributed by atoms with Gasteiger partial charge in [0, 0.05) is 11.0 Å². The van der Waals surface area contributed by atoms with Gasteiger partial charge in [0.15, 0.2) is 0 Å². The molecule has 2 aromatic rings. The highest BCUT2D eigenvalue weighted by Crippen LogP contribution is 2.20. The molecule has 0 aliphatic rings. The van der Waals surface area contributed by atoms with E-state index in [0.29, 0.717) is 0 Å². The van der Waals surface area contributed by atoms with Crippen molar-refractivity contribution in [3.8, 4) is 5.69 Å². The molecule has 4 nitrogen and oxygen atoms in total. The lowest BCUT2D eigenvalue weighted by atomic mass is 10.2. The number of benzene rings is 1. The third-order valence-corrected chi connectivity index (χ3v) is 3.25. The molecule has 0 aliphatic carbocycles. The van der Waals surface area contributed by atoms with Crippen molar-refractivity contribution in [2.75, 3.05) is 6.54 Å². The van der Waals surface area contributed by atoms with Crippen molar-refractivity contribution in [2.45, 2.75) is 26.8 Å². The molecule has 5 heteroatoms. The van der Waals surface area contributed by atoms with Gasteiger partial charge >= 0.3 is 0 Å². The summed E-state index contributed by atoms with van der Waals surface area (Å²) in [5.41, 5.74) is 3.32. The number of nitrogens with zero attached hydrogens (tertiary/aromatic N) is 3. The summed E-state index contributed by atoms with van der Waals surface area (Å²) in [6.07, 6.45) is 2.93. The van der Waals surface area contributed by atoms with Crippen molar-refractivity contribution in [1.29, 1.82) is 0 Å². The van der Waals surface area contributed by atoms with Crippen LogP contribution in [0.1, 0.15) is 24.6 Å². The highest BCUT2D eigenvalue weighted by Gasteiger charge is 2.08. The molecule has 96 valence electrons. The van der Waals surface area contributed by atoms with Crippen molar-refractivity contribution in [1.82, 2.24) is 20.3 Å². The summed E-state index contributed by atoms with van der Waals surface area (Å²) in [5.74, 6) is 0. The molecule has 18 heavy (non-hydrogen) atoms. The zero-order valence-corrected chi connectivity index (χ0v) is 12.2. The summed E-state index contributed by atoms with van der Waals surface area (Å²) < 4.78 is 2.94. The number of aryl methyl sites for hydroxylation is 1. The molecular formula is C13H17BrN4. The van der Waals surface area contributed by atoms with E-state index in [1.165, 1.54) is 5.56 Å². The normalized spacial score (nSPS) is 10.8. The number of hydrogen-bond donors (Lipinski definition) is 1. The largest absolute Gasteiger partial charge is 0.311 e. The Balaban J connectivity index is 2.27. The zero-order valence-electron chi connectivity index (χ0n) is 10.7. The number of nitrogens with one attached hydrogen (secondary N) is 1. The quantitative estimate of drug-likeness (QED) is 0.864. The molecule has 0 saturated carbocycles. The van der Waals surface area contributed by atoms with E-state index in [1.807, 2.05) is 16.9 Å². The molecule has 1 heterocycles. The van der Waals surface area contributed by atoms with Gasteiger partial charge < -0.3 is 5.32 Å². The van der Waals surface area contributed by atoms with Crippen LogP contribution in [0.4, 0.5) is 0 Å². The van der Waals surface area contributed by atoms with E-state index < -0.39 is 0 Å². The van der Waals surface area contributed by atoms with E-state index in [-0.39, 0.29) is 0 Å². The standard InChI is InChI=1S/C13H17BrN4/c1-3-6-15-8-12-9-16-17-18(12)13-7-11(14)5-4-10(13)2/h4-5,7,9,15H,3,6,8H2,1-2H3.